The fraction of sp³-hybridized carbons (Fsp3) is 0.667. The van der Waals surface area contributed by atoms with Crippen molar-refractivity contribution in [2.75, 3.05) is 0 Å². The molecule has 0 spiro atoms. The summed E-state index contributed by atoms with van der Waals surface area (Å²) in [6.45, 7) is 8.62. The lowest BCUT2D eigenvalue weighted by atomic mass is 10.5. The molecule has 10 N–H and O–H groups in total. The van der Waals surface area contributed by atoms with Crippen molar-refractivity contribution in [2.45, 2.75) is 66.7 Å². The van der Waals surface area contributed by atoms with Crippen molar-refractivity contribution in [1.82, 2.24) is 0 Å². The summed E-state index contributed by atoms with van der Waals surface area (Å²) < 4.78 is 0. The zero-order valence-electron chi connectivity index (χ0n) is 16.0. The van der Waals surface area contributed by atoms with Gasteiger partial charge in [0.25, 0.3) is 0 Å². The van der Waals surface area contributed by atoms with Crippen LogP contribution in [0.2, 0.25) is 0 Å². The highest BCUT2D eigenvalue weighted by Crippen LogP contribution is 1.64. The van der Waals surface area contributed by atoms with Crippen molar-refractivity contribution < 1.29 is 24.0 Å². The van der Waals surface area contributed by atoms with E-state index in [1.807, 2.05) is 0 Å². The Kier molecular flexibility index (Phi) is 39.8. The average molecular weight is 365 g/mol. The SMILES string of the molecule is CCC(N)=O.CCC(N)=O.CCC(N)=O.CCC(N)=O.CCC(N)=O. The van der Waals surface area contributed by atoms with E-state index in [0.717, 1.165) is 0 Å². The first kappa shape index (κ1) is 33.8. The molecule has 25 heavy (non-hydrogen) atoms. The normalized spacial score (nSPS) is 7.40. The predicted molar refractivity (Wildman–Crippen MR) is 97.4 cm³/mol. The minimum atomic E-state index is -0.245. The summed E-state index contributed by atoms with van der Waals surface area (Å²) in [5, 5.41) is 0. The van der Waals surface area contributed by atoms with E-state index in [1.54, 1.807) is 34.6 Å². The second-order valence-corrected chi connectivity index (χ2v) is 4.10. The standard InChI is InChI=1S/5C3H7NO/c5*1-2-3(4)5/h5*2H2,1H3,(H2,4,5). The van der Waals surface area contributed by atoms with E-state index < -0.39 is 0 Å². The smallest absolute Gasteiger partial charge is 0.217 e. The Bertz CT molecular complexity index is 292. The number of rotatable bonds is 5. The molecule has 0 aliphatic rings. The first-order valence-corrected chi connectivity index (χ1v) is 7.77. The molecule has 0 atom stereocenters. The molecule has 0 unspecified atom stereocenters. The van der Waals surface area contributed by atoms with Gasteiger partial charge in [-0.15, -0.1) is 0 Å². The summed E-state index contributed by atoms with van der Waals surface area (Å²) in [6.07, 6.45) is 2.22. The largest absolute Gasteiger partial charge is 0.370 e. The van der Waals surface area contributed by atoms with Gasteiger partial charge in [-0.05, 0) is 0 Å². The predicted octanol–water partition coefficient (Wildman–Crippen LogP) is -0.591. The second-order valence-electron chi connectivity index (χ2n) is 4.10. The maximum Gasteiger partial charge on any atom is 0.217 e. The molecule has 0 aliphatic carbocycles. The highest BCUT2D eigenvalue weighted by molar-refractivity contribution is 5.74. The maximum absolute atomic E-state index is 9.59. The second kappa shape index (κ2) is 29.4. The van der Waals surface area contributed by atoms with Crippen molar-refractivity contribution in [3.05, 3.63) is 0 Å². The molecular formula is C15H35N5O5. The number of primary amides is 5. The summed E-state index contributed by atoms with van der Waals surface area (Å²) in [6, 6.07) is 0. The molecule has 0 saturated carbocycles. The third kappa shape index (κ3) is 148. The average Bonchev–Trinajstić information content (AvgIpc) is 2.56. The van der Waals surface area contributed by atoms with E-state index in [-0.39, 0.29) is 29.5 Å². The van der Waals surface area contributed by atoms with Crippen molar-refractivity contribution in [2.24, 2.45) is 28.7 Å². The summed E-state index contributed by atoms with van der Waals surface area (Å²) in [5.41, 5.74) is 23.3. The fourth-order valence-corrected chi connectivity index (χ4v) is 0. The van der Waals surface area contributed by atoms with E-state index in [0.29, 0.717) is 32.1 Å². The lowest BCUT2D eigenvalue weighted by Crippen LogP contribution is -2.06. The van der Waals surface area contributed by atoms with E-state index >= 15 is 0 Å². The molecule has 0 aromatic carbocycles. The van der Waals surface area contributed by atoms with Crippen molar-refractivity contribution in [3.8, 4) is 0 Å². The minimum absolute atomic E-state index is 0.245. The van der Waals surface area contributed by atoms with Gasteiger partial charge >= 0.3 is 0 Å². The first-order valence-electron chi connectivity index (χ1n) is 7.77. The van der Waals surface area contributed by atoms with Gasteiger partial charge in [0, 0.05) is 32.1 Å². The molecule has 0 radical (unpaired) electrons. The van der Waals surface area contributed by atoms with Crippen molar-refractivity contribution in [3.63, 3.8) is 0 Å². The van der Waals surface area contributed by atoms with Gasteiger partial charge in [0.05, 0.1) is 0 Å². The van der Waals surface area contributed by atoms with Crippen LogP contribution in [0.1, 0.15) is 66.7 Å². The number of nitrogens with two attached hydrogens (primary N) is 5. The molecule has 0 aromatic rings. The van der Waals surface area contributed by atoms with E-state index in [1.165, 1.54) is 0 Å². The molecule has 10 heteroatoms. The Hall–Kier alpha value is -2.65. The molecule has 0 aliphatic heterocycles. The summed E-state index contributed by atoms with van der Waals surface area (Å²) in [7, 11) is 0. The molecule has 0 bridgehead atoms. The van der Waals surface area contributed by atoms with Crippen LogP contribution in [0.15, 0.2) is 0 Å². The Morgan fingerprint density at radius 3 is 0.440 bits per heavy atom. The molecule has 0 aromatic heterocycles. The minimum Gasteiger partial charge on any atom is -0.370 e. The van der Waals surface area contributed by atoms with Gasteiger partial charge in [-0.2, -0.15) is 0 Å². The van der Waals surface area contributed by atoms with Crippen molar-refractivity contribution in [1.29, 1.82) is 0 Å². The molecule has 0 saturated heterocycles. The zero-order valence-corrected chi connectivity index (χ0v) is 16.0. The number of carbonyl (C=O) groups is 5. The van der Waals surface area contributed by atoms with Crippen LogP contribution in [0.25, 0.3) is 0 Å². The van der Waals surface area contributed by atoms with Crippen molar-refractivity contribution >= 4 is 29.5 Å². The molecule has 10 nitrogen and oxygen atoms in total. The molecule has 150 valence electrons. The Morgan fingerprint density at radius 2 is 0.440 bits per heavy atom. The summed E-state index contributed by atoms with van der Waals surface area (Å²) in [5.74, 6) is -1.23. The van der Waals surface area contributed by atoms with E-state index in [2.05, 4.69) is 28.7 Å². The lowest BCUT2D eigenvalue weighted by molar-refractivity contribution is -0.118. The molecule has 0 fully saturated rings. The summed E-state index contributed by atoms with van der Waals surface area (Å²) >= 11 is 0. The maximum atomic E-state index is 9.59. The number of hydrogen-bond acceptors (Lipinski definition) is 5. The van der Waals surface area contributed by atoms with Crippen LogP contribution in [0.4, 0.5) is 0 Å². The lowest BCUT2D eigenvalue weighted by Gasteiger charge is -1.73. The van der Waals surface area contributed by atoms with Crippen LogP contribution in [-0.4, -0.2) is 29.5 Å². The zero-order chi connectivity index (χ0) is 21.4. The Morgan fingerprint density at radius 1 is 0.400 bits per heavy atom. The topological polar surface area (TPSA) is 215 Å². The molecular weight excluding hydrogens is 330 g/mol. The quantitative estimate of drug-likeness (QED) is 0.430. The fourth-order valence-electron chi connectivity index (χ4n) is 0. The third-order valence-corrected chi connectivity index (χ3v) is 1.74. The van der Waals surface area contributed by atoms with E-state index in [4.69, 9.17) is 0 Å². The third-order valence-electron chi connectivity index (χ3n) is 1.74. The molecule has 0 heterocycles. The highest BCUT2D eigenvalue weighted by atomic mass is 16.2. The van der Waals surface area contributed by atoms with Gasteiger partial charge in [0.15, 0.2) is 0 Å². The number of hydrogen-bond donors (Lipinski definition) is 5. The Balaban J connectivity index is -0.0000000667. The van der Waals surface area contributed by atoms with Gasteiger partial charge in [-0.3, -0.25) is 24.0 Å². The Labute approximate surface area is 149 Å². The van der Waals surface area contributed by atoms with Crippen LogP contribution in [-0.2, 0) is 24.0 Å². The monoisotopic (exact) mass is 365 g/mol. The van der Waals surface area contributed by atoms with Gasteiger partial charge in [0.2, 0.25) is 29.5 Å². The van der Waals surface area contributed by atoms with Gasteiger partial charge < -0.3 is 28.7 Å². The molecule has 0 rings (SSSR count). The van der Waals surface area contributed by atoms with Crippen LogP contribution in [0.3, 0.4) is 0 Å². The van der Waals surface area contributed by atoms with Crippen LogP contribution in [0.5, 0.6) is 0 Å². The van der Waals surface area contributed by atoms with Crippen LogP contribution in [0, 0.1) is 0 Å². The number of carbonyl (C=O) groups excluding carboxylic acids is 5. The van der Waals surface area contributed by atoms with Crippen LogP contribution < -0.4 is 28.7 Å². The highest BCUT2D eigenvalue weighted by Gasteiger charge is 1.79. The number of amides is 5. The van der Waals surface area contributed by atoms with E-state index in [9.17, 15) is 24.0 Å². The molecule has 5 amide bonds. The van der Waals surface area contributed by atoms with Gasteiger partial charge in [-0.25, -0.2) is 0 Å². The van der Waals surface area contributed by atoms with Gasteiger partial charge in [-0.1, -0.05) is 34.6 Å². The van der Waals surface area contributed by atoms with Gasteiger partial charge in [0.1, 0.15) is 0 Å². The first-order chi connectivity index (χ1) is 11.4. The van der Waals surface area contributed by atoms with Crippen LogP contribution >= 0.6 is 0 Å². The summed E-state index contributed by atoms with van der Waals surface area (Å²) in [4.78, 5) is 48.0.